The molecule has 0 saturated heterocycles. The number of hydrogen-bond acceptors (Lipinski definition) is 5. The zero-order chi connectivity index (χ0) is 27.2. The molecule has 0 aliphatic rings. The van der Waals surface area contributed by atoms with Crippen molar-refractivity contribution < 1.29 is 18.8 Å². The molecular weight excluding hydrogens is 464 g/mol. The van der Waals surface area contributed by atoms with Gasteiger partial charge in [-0.05, 0) is 42.5 Å². The number of aromatic nitrogens is 1. The van der Waals surface area contributed by atoms with E-state index >= 15 is 0 Å². The van der Waals surface area contributed by atoms with Crippen molar-refractivity contribution in [1.82, 2.24) is 5.16 Å². The molecule has 0 bridgehead atoms. The van der Waals surface area contributed by atoms with Crippen LogP contribution in [0, 0.1) is 13.8 Å². The van der Waals surface area contributed by atoms with Crippen LogP contribution in [-0.4, -0.2) is 11.6 Å². The van der Waals surface area contributed by atoms with E-state index in [1.54, 1.807) is 0 Å². The first-order chi connectivity index (χ1) is 17.9. The van der Waals surface area contributed by atoms with E-state index in [2.05, 4.69) is 55.1 Å². The predicted octanol–water partition coefficient (Wildman–Crippen LogP) is 7.37. The molecule has 6 heteroatoms. The predicted molar refractivity (Wildman–Crippen MR) is 149 cm³/mol. The lowest BCUT2D eigenvalue weighted by Crippen LogP contribution is -2.04. The van der Waals surface area contributed by atoms with Gasteiger partial charge in [0, 0.05) is 17.2 Å². The number of primary amides is 1. The monoisotopic (exact) mass is 502 g/mol. The van der Waals surface area contributed by atoms with E-state index in [-0.39, 0.29) is 12.3 Å². The normalized spacial score (nSPS) is 10.0. The summed E-state index contributed by atoms with van der Waals surface area (Å²) in [5.41, 5.74) is 10.3. The number of nitrogens with two attached hydrogens (primary N) is 1. The molecule has 2 N–H and O–H groups in total. The molecule has 0 atom stereocenters. The summed E-state index contributed by atoms with van der Waals surface area (Å²) in [4.78, 5) is 8.58. The lowest BCUT2D eigenvalue weighted by molar-refractivity contribution is -0.106. The quantitative estimate of drug-likeness (QED) is 0.254. The van der Waals surface area contributed by atoms with Crippen LogP contribution >= 0.6 is 0 Å². The molecule has 0 saturated carbocycles. The molecule has 1 heterocycles. The minimum absolute atomic E-state index is 0.250. The summed E-state index contributed by atoms with van der Waals surface area (Å²) in [6.07, 6.45) is 0.250. The highest BCUT2D eigenvalue weighted by Crippen LogP contribution is 2.41. The van der Waals surface area contributed by atoms with Gasteiger partial charge in [0.1, 0.15) is 36.2 Å². The maximum atomic E-state index is 8.58. The summed E-state index contributed by atoms with van der Waals surface area (Å²) in [5, 5.41) is 4.33. The summed E-state index contributed by atoms with van der Waals surface area (Å²) in [7, 11) is 0. The highest BCUT2D eigenvalue weighted by molar-refractivity contribution is 5.73. The third-order valence-corrected chi connectivity index (χ3v) is 5.62. The van der Waals surface area contributed by atoms with Gasteiger partial charge in [-0.1, -0.05) is 93.5 Å². The smallest absolute Gasteiger partial charge is 0.204 e. The zero-order valence-electron chi connectivity index (χ0n) is 22.7. The van der Waals surface area contributed by atoms with Crippen LogP contribution in [0.5, 0.6) is 11.5 Å². The Labute approximate surface area is 220 Å². The van der Waals surface area contributed by atoms with Crippen LogP contribution in [0.1, 0.15) is 61.6 Å². The molecule has 0 aliphatic carbocycles. The molecule has 0 fully saturated rings. The van der Waals surface area contributed by atoms with Gasteiger partial charge in [0.05, 0.1) is 0 Å². The van der Waals surface area contributed by atoms with Crippen molar-refractivity contribution in [3.63, 3.8) is 0 Å². The Morgan fingerprint density at radius 3 is 1.78 bits per heavy atom. The van der Waals surface area contributed by atoms with Crippen molar-refractivity contribution in [3.05, 3.63) is 101 Å². The van der Waals surface area contributed by atoms with E-state index in [1.165, 1.54) is 0 Å². The second-order valence-electron chi connectivity index (χ2n) is 8.44. The van der Waals surface area contributed by atoms with Crippen LogP contribution in [-0.2, 0) is 18.0 Å². The van der Waals surface area contributed by atoms with Crippen molar-refractivity contribution >= 4 is 6.41 Å². The molecule has 4 aromatic rings. The molecular formula is C31H38N2O4. The minimum atomic E-state index is 0.250. The van der Waals surface area contributed by atoms with Crippen molar-refractivity contribution in [1.29, 1.82) is 0 Å². The van der Waals surface area contributed by atoms with Gasteiger partial charge in [0.2, 0.25) is 6.41 Å². The van der Waals surface area contributed by atoms with Gasteiger partial charge in [-0.15, -0.1) is 0 Å². The van der Waals surface area contributed by atoms with Gasteiger partial charge in [0.25, 0.3) is 0 Å². The number of nitrogens with zero attached hydrogens (tertiary/aromatic N) is 1. The summed E-state index contributed by atoms with van der Waals surface area (Å²) in [6.45, 7) is 13.2. The molecule has 37 heavy (non-hydrogen) atoms. The van der Waals surface area contributed by atoms with Crippen LogP contribution in [0.25, 0.3) is 11.3 Å². The van der Waals surface area contributed by atoms with Crippen molar-refractivity contribution in [2.75, 3.05) is 0 Å². The number of carbonyl (C=O) groups excluding carboxylic acids is 1. The standard InChI is InChI=1S/C28H29NO3.C2H6.CH3NO/c1-19(2)24-15-25(28-20(3)21(4)32-29-28)27(31-18-23-13-9-6-10-14-23)16-26(24)30-17-22-11-7-5-8-12-22;1-2;2-1-3/h5-16,19H,17-18H2,1-4H3;1-2H3;1H,(H2,2,3). The third kappa shape index (κ3) is 8.24. The number of amides is 1. The average molecular weight is 503 g/mol. The number of carbonyl (C=O) groups is 1. The maximum absolute atomic E-state index is 8.58. The highest BCUT2D eigenvalue weighted by Gasteiger charge is 2.21. The first-order valence-electron chi connectivity index (χ1n) is 12.5. The number of benzene rings is 3. The first kappa shape index (κ1) is 29.2. The second kappa shape index (κ2) is 15.1. The first-order valence-corrected chi connectivity index (χ1v) is 12.5. The Morgan fingerprint density at radius 1 is 0.865 bits per heavy atom. The maximum Gasteiger partial charge on any atom is 0.204 e. The molecule has 0 unspecified atom stereocenters. The topological polar surface area (TPSA) is 87.6 Å². The van der Waals surface area contributed by atoms with Crippen LogP contribution in [0.2, 0.25) is 0 Å². The molecule has 3 aromatic carbocycles. The third-order valence-electron chi connectivity index (χ3n) is 5.62. The molecule has 0 radical (unpaired) electrons. The average Bonchev–Trinajstić information content (AvgIpc) is 3.26. The molecule has 0 spiro atoms. The van der Waals surface area contributed by atoms with E-state index in [4.69, 9.17) is 18.8 Å². The van der Waals surface area contributed by atoms with Crippen molar-refractivity contribution in [3.8, 4) is 22.8 Å². The fraction of sp³-hybridized carbons (Fsp3) is 0.290. The molecule has 1 amide bonds. The molecule has 196 valence electrons. The number of aryl methyl sites for hydroxylation is 1. The Morgan fingerprint density at radius 2 is 1.35 bits per heavy atom. The highest BCUT2D eigenvalue weighted by atomic mass is 16.5. The number of ether oxygens (including phenoxy) is 2. The van der Waals surface area contributed by atoms with Crippen molar-refractivity contribution in [2.45, 2.75) is 60.7 Å². The zero-order valence-corrected chi connectivity index (χ0v) is 22.7. The van der Waals surface area contributed by atoms with Gasteiger partial charge in [-0.25, -0.2) is 0 Å². The largest absolute Gasteiger partial charge is 0.488 e. The lowest BCUT2D eigenvalue weighted by atomic mass is 9.96. The van der Waals surface area contributed by atoms with E-state index < -0.39 is 0 Å². The Bertz CT molecular complexity index is 1220. The minimum Gasteiger partial charge on any atom is -0.488 e. The van der Waals surface area contributed by atoms with E-state index in [0.717, 1.165) is 50.8 Å². The van der Waals surface area contributed by atoms with E-state index in [9.17, 15) is 0 Å². The fourth-order valence-electron chi connectivity index (χ4n) is 3.60. The summed E-state index contributed by atoms with van der Waals surface area (Å²) >= 11 is 0. The summed E-state index contributed by atoms with van der Waals surface area (Å²) in [6, 6.07) is 24.5. The SMILES string of the molecule is CC.Cc1onc(-c2cc(C(C)C)c(OCc3ccccc3)cc2OCc2ccccc2)c1C.NC=O. The van der Waals surface area contributed by atoms with Gasteiger partial charge < -0.3 is 19.7 Å². The van der Waals surface area contributed by atoms with Gasteiger partial charge in [-0.2, -0.15) is 0 Å². The molecule has 1 aromatic heterocycles. The van der Waals surface area contributed by atoms with E-state index in [0.29, 0.717) is 13.2 Å². The summed E-state index contributed by atoms with van der Waals surface area (Å²) < 4.78 is 18.1. The van der Waals surface area contributed by atoms with Gasteiger partial charge in [-0.3, -0.25) is 4.79 Å². The van der Waals surface area contributed by atoms with Gasteiger partial charge in [0.15, 0.2) is 0 Å². The Balaban J connectivity index is 0.000000898. The van der Waals surface area contributed by atoms with Gasteiger partial charge >= 0.3 is 0 Å². The van der Waals surface area contributed by atoms with Crippen LogP contribution in [0.15, 0.2) is 77.3 Å². The number of hydrogen-bond donors (Lipinski definition) is 1. The fourth-order valence-corrected chi connectivity index (χ4v) is 3.60. The van der Waals surface area contributed by atoms with Crippen LogP contribution < -0.4 is 15.2 Å². The Kier molecular flexibility index (Phi) is 11.9. The van der Waals surface area contributed by atoms with E-state index in [1.807, 2.05) is 70.2 Å². The molecule has 4 rings (SSSR count). The Hall–Kier alpha value is -4.06. The van der Waals surface area contributed by atoms with Crippen LogP contribution in [0.3, 0.4) is 0 Å². The lowest BCUT2D eigenvalue weighted by Gasteiger charge is -2.19. The second-order valence-corrected chi connectivity index (χ2v) is 8.44. The summed E-state index contributed by atoms with van der Waals surface area (Å²) in [5.74, 6) is 2.65. The number of rotatable bonds is 8. The van der Waals surface area contributed by atoms with Crippen LogP contribution in [0.4, 0.5) is 0 Å². The molecule has 0 aliphatic heterocycles. The van der Waals surface area contributed by atoms with Crippen molar-refractivity contribution in [2.24, 2.45) is 5.73 Å². The molecule has 6 nitrogen and oxygen atoms in total.